The average molecular weight is 281 g/mol. The summed E-state index contributed by atoms with van der Waals surface area (Å²) in [6, 6.07) is 1.87. The van der Waals surface area contributed by atoms with Crippen molar-refractivity contribution in [3.8, 4) is 0 Å². The molecule has 0 aromatic carbocycles. The van der Waals surface area contributed by atoms with E-state index >= 15 is 0 Å². The molecule has 1 aromatic rings. The van der Waals surface area contributed by atoms with Gasteiger partial charge in [0.1, 0.15) is 5.82 Å². The van der Waals surface area contributed by atoms with Gasteiger partial charge in [0.05, 0.1) is 12.6 Å². The third-order valence-corrected chi connectivity index (χ3v) is 2.25. The molecule has 2 heterocycles. The normalized spacial score (nSPS) is 19.9. The van der Waals surface area contributed by atoms with Crippen molar-refractivity contribution in [2.45, 2.75) is 20.0 Å². The second kappa shape index (κ2) is 7.66. The molecule has 98 valence electrons. The molecule has 0 radical (unpaired) electrons. The maximum atomic E-state index is 5.73. The molecule has 1 N–H and O–H groups in total. The Morgan fingerprint density at radius 3 is 2.94 bits per heavy atom. The van der Waals surface area contributed by atoms with Crippen LogP contribution in [0.2, 0.25) is 0 Å². The lowest BCUT2D eigenvalue weighted by Gasteiger charge is -2.22. The average Bonchev–Trinajstić information content (AvgIpc) is 2.43. The Kier molecular flexibility index (Phi) is 7.38. The van der Waals surface area contributed by atoms with E-state index in [1.54, 1.807) is 6.20 Å². The van der Waals surface area contributed by atoms with Gasteiger partial charge in [0.2, 0.25) is 0 Å². The number of nitrogens with zero attached hydrogens (tertiary/aromatic N) is 3. The third-order valence-electron chi connectivity index (χ3n) is 2.25. The molecule has 0 unspecified atom stereocenters. The highest BCUT2D eigenvalue weighted by Crippen LogP contribution is 2.12. The van der Waals surface area contributed by atoms with Crippen molar-refractivity contribution in [3.05, 3.63) is 18.1 Å². The third kappa shape index (κ3) is 4.63. The van der Waals surface area contributed by atoms with Crippen molar-refractivity contribution in [1.29, 1.82) is 0 Å². The molecule has 1 aliphatic rings. The van der Waals surface area contributed by atoms with Crippen LogP contribution in [0.4, 0.5) is 5.82 Å². The van der Waals surface area contributed by atoms with E-state index in [4.69, 9.17) is 4.84 Å². The number of aryl methyl sites for hydroxylation is 1. The lowest BCUT2D eigenvalue weighted by molar-refractivity contribution is 0.0572. The second-order valence-electron chi connectivity index (χ2n) is 3.68. The quantitative estimate of drug-likeness (QED) is 0.842. The Labute approximate surface area is 114 Å². The minimum atomic E-state index is 0. The van der Waals surface area contributed by atoms with Crippen molar-refractivity contribution >= 4 is 30.6 Å². The van der Waals surface area contributed by atoms with E-state index in [1.165, 1.54) is 0 Å². The summed E-state index contributed by atoms with van der Waals surface area (Å²) in [5.74, 6) is 1.60. The van der Waals surface area contributed by atoms with Crippen LogP contribution in [0, 0.1) is 6.92 Å². The molecule has 5 nitrogen and oxygen atoms in total. The van der Waals surface area contributed by atoms with Gasteiger partial charge in [-0.15, -0.1) is 24.8 Å². The monoisotopic (exact) mass is 280 g/mol. The van der Waals surface area contributed by atoms with Gasteiger partial charge in [0.25, 0.3) is 0 Å². The molecule has 17 heavy (non-hydrogen) atoms. The van der Waals surface area contributed by atoms with Crippen molar-refractivity contribution < 1.29 is 4.84 Å². The number of hydroxylamine groups is 1. The summed E-state index contributed by atoms with van der Waals surface area (Å²) in [7, 11) is 0. The first-order valence-corrected chi connectivity index (χ1v) is 5.20. The molecule has 2 rings (SSSR count). The lowest BCUT2D eigenvalue weighted by atomic mass is 10.4. The molecule has 0 spiro atoms. The number of halogens is 2. The predicted octanol–water partition coefficient (Wildman–Crippen LogP) is 1.36. The number of hydrogen-bond donors (Lipinski definition) is 1. The first kappa shape index (κ1) is 16.4. The minimum absolute atomic E-state index is 0. The number of hydrogen-bond acceptors (Lipinski definition) is 5. The lowest BCUT2D eigenvalue weighted by Crippen LogP contribution is -2.29. The highest BCUT2D eigenvalue weighted by atomic mass is 35.5. The Bertz CT molecular complexity index is 340. The largest absolute Gasteiger partial charge is 0.312 e. The van der Waals surface area contributed by atoms with Gasteiger partial charge in [0, 0.05) is 25.4 Å². The summed E-state index contributed by atoms with van der Waals surface area (Å²) >= 11 is 0. The van der Waals surface area contributed by atoms with Crippen LogP contribution in [0.1, 0.15) is 12.7 Å². The fourth-order valence-corrected chi connectivity index (χ4v) is 1.54. The molecule has 1 aliphatic heterocycles. The summed E-state index contributed by atoms with van der Waals surface area (Å²) < 4.78 is 0. The number of anilines is 1. The number of aromatic nitrogens is 2. The molecular formula is C10H18Cl2N4O. The van der Waals surface area contributed by atoms with Gasteiger partial charge in [-0.25, -0.2) is 15.0 Å². The number of rotatable bonds is 1. The van der Waals surface area contributed by atoms with Crippen LogP contribution in [0.25, 0.3) is 0 Å². The van der Waals surface area contributed by atoms with Crippen molar-refractivity contribution in [2.75, 3.05) is 24.7 Å². The zero-order valence-electron chi connectivity index (χ0n) is 9.92. The van der Waals surface area contributed by atoms with E-state index in [-0.39, 0.29) is 30.9 Å². The summed E-state index contributed by atoms with van der Waals surface area (Å²) in [6.45, 7) is 6.51. The molecule has 1 aromatic heterocycles. The van der Waals surface area contributed by atoms with Gasteiger partial charge in [-0.3, -0.25) is 4.84 Å². The molecule has 1 atom stereocenters. The maximum absolute atomic E-state index is 5.73. The highest BCUT2D eigenvalue weighted by molar-refractivity contribution is 5.85. The Morgan fingerprint density at radius 1 is 1.47 bits per heavy atom. The first-order chi connectivity index (χ1) is 7.25. The summed E-state index contributed by atoms with van der Waals surface area (Å²) in [5.41, 5.74) is 0. The van der Waals surface area contributed by atoms with Crippen LogP contribution in [0.5, 0.6) is 0 Å². The van der Waals surface area contributed by atoms with Crippen molar-refractivity contribution in [1.82, 2.24) is 15.3 Å². The summed E-state index contributed by atoms with van der Waals surface area (Å²) in [4.78, 5) is 14.1. The SMILES string of the molecule is Cc1nccc(N2CCNC[C@H](C)O2)n1.Cl.Cl. The second-order valence-corrected chi connectivity index (χ2v) is 3.68. The van der Waals surface area contributed by atoms with E-state index in [9.17, 15) is 0 Å². The fourth-order valence-electron chi connectivity index (χ4n) is 1.54. The predicted molar refractivity (Wildman–Crippen MR) is 72.0 cm³/mol. The molecular weight excluding hydrogens is 263 g/mol. The van der Waals surface area contributed by atoms with Crippen LogP contribution in [-0.4, -0.2) is 35.7 Å². The molecule has 0 aliphatic carbocycles. The van der Waals surface area contributed by atoms with Crippen LogP contribution in [0.3, 0.4) is 0 Å². The van der Waals surface area contributed by atoms with E-state index in [0.29, 0.717) is 0 Å². The molecule has 0 bridgehead atoms. The van der Waals surface area contributed by atoms with Crippen LogP contribution < -0.4 is 10.4 Å². The smallest absolute Gasteiger partial charge is 0.156 e. The Morgan fingerprint density at radius 2 is 2.24 bits per heavy atom. The fraction of sp³-hybridized carbons (Fsp3) is 0.600. The summed E-state index contributed by atoms with van der Waals surface area (Å²) in [6.07, 6.45) is 1.92. The van der Waals surface area contributed by atoms with Gasteiger partial charge in [-0.1, -0.05) is 0 Å². The van der Waals surface area contributed by atoms with Gasteiger partial charge in [-0.2, -0.15) is 0 Å². The van der Waals surface area contributed by atoms with Crippen LogP contribution in [0.15, 0.2) is 12.3 Å². The van der Waals surface area contributed by atoms with E-state index in [1.807, 2.05) is 25.0 Å². The van der Waals surface area contributed by atoms with Crippen molar-refractivity contribution in [2.24, 2.45) is 0 Å². The van der Waals surface area contributed by atoms with Gasteiger partial charge >= 0.3 is 0 Å². The molecule has 1 saturated heterocycles. The molecule has 0 saturated carbocycles. The zero-order chi connectivity index (χ0) is 10.7. The van der Waals surface area contributed by atoms with Gasteiger partial charge < -0.3 is 5.32 Å². The molecule has 1 fully saturated rings. The summed E-state index contributed by atoms with van der Waals surface area (Å²) in [5, 5.41) is 5.13. The minimum Gasteiger partial charge on any atom is -0.312 e. The van der Waals surface area contributed by atoms with E-state index < -0.39 is 0 Å². The standard InChI is InChI=1S/C10H16N4O.2ClH/c1-8-7-11-5-6-14(15-8)10-3-4-12-9(2)13-10;;/h3-4,8,11H,5-7H2,1-2H3;2*1H/t8-;;/m0../s1. The topological polar surface area (TPSA) is 50.3 Å². The molecule has 7 heteroatoms. The Hall–Kier alpha value is -0.620. The van der Waals surface area contributed by atoms with Crippen LogP contribution in [-0.2, 0) is 4.84 Å². The van der Waals surface area contributed by atoms with Crippen molar-refractivity contribution in [3.63, 3.8) is 0 Å². The van der Waals surface area contributed by atoms with Crippen LogP contribution >= 0.6 is 24.8 Å². The van der Waals surface area contributed by atoms with Gasteiger partial charge in [0.15, 0.2) is 5.82 Å². The van der Waals surface area contributed by atoms with Gasteiger partial charge in [-0.05, 0) is 13.8 Å². The first-order valence-electron chi connectivity index (χ1n) is 5.20. The maximum Gasteiger partial charge on any atom is 0.156 e. The zero-order valence-corrected chi connectivity index (χ0v) is 11.6. The Balaban J connectivity index is 0.00000128. The highest BCUT2D eigenvalue weighted by Gasteiger charge is 2.16. The van der Waals surface area contributed by atoms with E-state index in [2.05, 4.69) is 15.3 Å². The molecule has 0 amide bonds. The number of nitrogens with one attached hydrogen (secondary N) is 1. The van der Waals surface area contributed by atoms with E-state index in [0.717, 1.165) is 31.3 Å².